The van der Waals surface area contributed by atoms with E-state index < -0.39 is 0 Å². The van der Waals surface area contributed by atoms with Crippen LogP contribution in [0.15, 0.2) is 91.0 Å². The van der Waals surface area contributed by atoms with E-state index in [-0.39, 0.29) is 5.91 Å². The molecule has 1 aromatic heterocycles. The third kappa shape index (κ3) is 4.71. The fourth-order valence-electron chi connectivity index (χ4n) is 4.99. The largest absolute Gasteiger partial charge is 0.497 e. The Labute approximate surface area is 226 Å². The van der Waals surface area contributed by atoms with Crippen LogP contribution in [-0.2, 0) is 0 Å². The van der Waals surface area contributed by atoms with E-state index in [4.69, 9.17) is 21.3 Å². The molecule has 5 aromatic rings. The molecule has 0 aliphatic carbocycles. The van der Waals surface area contributed by atoms with Crippen LogP contribution in [0.4, 0.5) is 17.1 Å². The average Bonchev–Trinajstić information content (AvgIpc) is 2.97. The summed E-state index contributed by atoms with van der Waals surface area (Å²) in [4.78, 5) is 21.9. The van der Waals surface area contributed by atoms with Gasteiger partial charge >= 0.3 is 0 Å². The van der Waals surface area contributed by atoms with Crippen molar-refractivity contribution in [3.8, 4) is 5.75 Å². The lowest BCUT2D eigenvalue weighted by atomic mass is 10.1. The first-order chi connectivity index (χ1) is 18.6. The van der Waals surface area contributed by atoms with E-state index in [2.05, 4.69) is 34.5 Å². The highest BCUT2D eigenvalue weighted by molar-refractivity contribution is 6.31. The molecule has 0 bridgehead atoms. The van der Waals surface area contributed by atoms with E-state index >= 15 is 0 Å². The number of aromatic nitrogens is 1. The molecule has 1 aliphatic rings. The molecular weight excluding hydrogens is 496 g/mol. The number of benzene rings is 4. The number of hydrogen-bond acceptors (Lipinski definition) is 5. The standard InChI is InChI=1S/C31H27ClN4O2/c1-38-25-12-14-28-27(20-25)30(26-13-7-22(32)19-29(26)34-28)33-23-8-10-24(11-9-23)35-15-17-36(18-16-35)31(37)21-5-3-2-4-6-21/h2-14,19-20H,15-18H2,1H3,(H,33,34). The summed E-state index contributed by atoms with van der Waals surface area (Å²) in [7, 11) is 1.67. The average molecular weight is 523 g/mol. The van der Waals surface area contributed by atoms with E-state index in [1.54, 1.807) is 7.11 Å². The summed E-state index contributed by atoms with van der Waals surface area (Å²) in [6, 6.07) is 29.6. The quantitative estimate of drug-likeness (QED) is 0.258. The highest BCUT2D eigenvalue weighted by Gasteiger charge is 2.22. The maximum atomic E-state index is 12.8. The van der Waals surface area contributed by atoms with Crippen LogP contribution in [0.25, 0.3) is 21.8 Å². The number of anilines is 3. The van der Waals surface area contributed by atoms with Gasteiger partial charge in [0.15, 0.2) is 0 Å². The molecule has 1 N–H and O–H groups in total. The molecule has 38 heavy (non-hydrogen) atoms. The molecule has 1 fully saturated rings. The molecule has 6 nitrogen and oxygen atoms in total. The number of rotatable bonds is 5. The third-order valence-electron chi connectivity index (χ3n) is 7.03. The molecule has 0 saturated carbocycles. The van der Waals surface area contributed by atoms with Crippen molar-refractivity contribution in [1.29, 1.82) is 0 Å². The van der Waals surface area contributed by atoms with Gasteiger partial charge in [-0.25, -0.2) is 4.98 Å². The highest BCUT2D eigenvalue weighted by atomic mass is 35.5. The zero-order valence-electron chi connectivity index (χ0n) is 21.0. The normalized spacial score (nSPS) is 13.6. The zero-order valence-corrected chi connectivity index (χ0v) is 21.8. The summed E-state index contributed by atoms with van der Waals surface area (Å²) in [6.07, 6.45) is 0. The number of halogens is 1. The molecule has 2 heterocycles. The predicted octanol–water partition coefficient (Wildman–Crippen LogP) is 6.76. The minimum atomic E-state index is 0.0968. The topological polar surface area (TPSA) is 57.7 Å². The number of nitrogens with zero attached hydrogens (tertiary/aromatic N) is 3. The van der Waals surface area contributed by atoms with Gasteiger partial charge in [-0.05, 0) is 72.8 Å². The summed E-state index contributed by atoms with van der Waals surface area (Å²) in [5.74, 6) is 0.871. The number of pyridine rings is 1. The van der Waals surface area contributed by atoms with E-state index in [1.807, 2.05) is 71.6 Å². The van der Waals surface area contributed by atoms with Gasteiger partial charge in [-0.1, -0.05) is 29.8 Å². The van der Waals surface area contributed by atoms with Gasteiger partial charge in [0.1, 0.15) is 5.75 Å². The SMILES string of the molecule is COc1ccc2nc3cc(Cl)ccc3c(Nc3ccc(N4CCN(C(=O)c5ccccc5)CC4)cc3)c2c1. The highest BCUT2D eigenvalue weighted by Crippen LogP contribution is 2.36. The number of ether oxygens (including phenoxy) is 1. The zero-order chi connectivity index (χ0) is 26.1. The van der Waals surface area contributed by atoms with Crippen molar-refractivity contribution in [2.24, 2.45) is 0 Å². The van der Waals surface area contributed by atoms with Crippen LogP contribution in [0, 0.1) is 0 Å². The molecule has 0 atom stereocenters. The third-order valence-corrected chi connectivity index (χ3v) is 7.27. The molecule has 7 heteroatoms. The van der Waals surface area contributed by atoms with Gasteiger partial charge in [-0.15, -0.1) is 0 Å². The van der Waals surface area contributed by atoms with Crippen molar-refractivity contribution >= 4 is 56.4 Å². The first kappa shape index (κ1) is 24.1. The first-order valence-corrected chi connectivity index (χ1v) is 13.0. The van der Waals surface area contributed by atoms with Crippen LogP contribution in [0.1, 0.15) is 10.4 Å². The number of carbonyl (C=O) groups excluding carboxylic acids is 1. The van der Waals surface area contributed by atoms with Gasteiger partial charge in [0.25, 0.3) is 5.91 Å². The molecule has 4 aromatic carbocycles. The number of piperazine rings is 1. The fraction of sp³-hybridized carbons (Fsp3) is 0.161. The monoisotopic (exact) mass is 522 g/mol. The van der Waals surface area contributed by atoms with Gasteiger partial charge in [-0.2, -0.15) is 0 Å². The Hall–Kier alpha value is -4.29. The molecule has 6 rings (SSSR count). The Balaban J connectivity index is 1.22. The minimum absolute atomic E-state index is 0.0968. The van der Waals surface area contributed by atoms with Crippen LogP contribution in [-0.4, -0.2) is 49.1 Å². The number of amides is 1. The Bertz CT molecular complexity index is 1620. The van der Waals surface area contributed by atoms with Crippen LogP contribution >= 0.6 is 11.6 Å². The van der Waals surface area contributed by atoms with Crippen molar-refractivity contribution in [2.75, 3.05) is 43.5 Å². The van der Waals surface area contributed by atoms with E-state index in [0.717, 1.165) is 63.3 Å². The van der Waals surface area contributed by atoms with E-state index in [1.165, 1.54) is 0 Å². The number of methoxy groups -OCH3 is 1. The lowest BCUT2D eigenvalue weighted by Crippen LogP contribution is -2.48. The summed E-state index contributed by atoms with van der Waals surface area (Å²) in [5.41, 5.74) is 5.51. The Kier molecular flexibility index (Phi) is 6.48. The van der Waals surface area contributed by atoms with Gasteiger partial charge in [0, 0.05) is 58.9 Å². The second-order valence-corrected chi connectivity index (χ2v) is 9.78. The minimum Gasteiger partial charge on any atom is -0.497 e. The smallest absolute Gasteiger partial charge is 0.253 e. The molecule has 190 valence electrons. The van der Waals surface area contributed by atoms with Crippen LogP contribution < -0.4 is 15.0 Å². The second-order valence-electron chi connectivity index (χ2n) is 9.35. The van der Waals surface area contributed by atoms with Crippen molar-refractivity contribution in [3.63, 3.8) is 0 Å². The van der Waals surface area contributed by atoms with E-state index in [0.29, 0.717) is 18.1 Å². The summed E-state index contributed by atoms with van der Waals surface area (Å²) < 4.78 is 5.48. The maximum Gasteiger partial charge on any atom is 0.253 e. The fourth-order valence-corrected chi connectivity index (χ4v) is 5.16. The summed E-state index contributed by atoms with van der Waals surface area (Å²) in [5, 5.41) is 6.23. The summed E-state index contributed by atoms with van der Waals surface area (Å²) >= 11 is 6.27. The molecular formula is C31H27ClN4O2. The van der Waals surface area contributed by atoms with Crippen molar-refractivity contribution in [1.82, 2.24) is 9.88 Å². The Morgan fingerprint density at radius 1 is 0.842 bits per heavy atom. The Morgan fingerprint density at radius 3 is 2.34 bits per heavy atom. The lowest BCUT2D eigenvalue weighted by Gasteiger charge is -2.36. The molecule has 1 amide bonds. The van der Waals surface area contributed by atoms with Gasteiger partial charge in [0.05, 0.1) is 23.8 Å². The van der Waals surface area contributed by atoms with Crippen molar-refractivity contribution in [2.45, 2.75) is 0 Å². The van der Waals surface area contributed by atoms with Crippen molar-refractivity contribution in [3.05, 3.63) is 102 Å². The number of nitrogens with one attached hydrogen (secondary N) is 1. The molecule has 0 radical (unpaired) electrons. The van der Waals surface area contributed by atoms with Gasteiger partial charge in [-0.3, -0.25) is 4.79 Å². The molecule has 1 aliphatic heterocycles. The Morgan fingerprint density at radius 2 is 1.61 bits per heavy atom. The number of carbonyl (C=O) groups is 1. The van der Waals surface area contributed by atoms with Gasteiger partial charge in [0.2, 0.25) is 0 Å². The second kappa shape index (κ2) is 10.2. The lowest BCUT2D eigenvalue weighted by molar-refractivity contribution is 0.0747. The van der Waals surface area contributed by atoms with Crippen LogP contribution in [0.3, 0.4) is 0 Å². The number of hydrogen-bond donors (Lipinski definition) is 1. The van der Waals surface area contributed by atoms with Crippen LogP contribution in [0.5, 0.6) is 5.75 Å². The molecule has 1 saturated heterocycles. The predicted molar refractivity (Wildman–Crippen MR) is 155 cm³/mol. The van der Waals surface area contributed by atoms with Crippen LogP contribution in [0.2, 0.25) is 5.02 Å². The maximum absolute atomic E-state index is 12.8. The number of fused-ring (bicyclic) bond motifs is 2. The van der Waals surface area contributed by atoms with E-state index in [9.17, 15) is 4.79 Å². The first-order valence-electron chi connectivity index (χ1n) is 12.6. The summed E-state index contributed by atoms with van der Waals surface area (Å²) in [6.45, 7) is 3.00. The molecule has 0 unspecified atom stereocenters. The van der Waals surface area contributed by atoms with Gasteiger partial charge < -0.3 is 19.9 Å². The molecule has 0 spiro atoms. The van der Waals surface area contributed by atoms with Crippen molar-refractivity contribution < 1.29 is 9.53 Å².